The summed E-state index contributed by atoms with van der Waals surface area (Å²) in [6.45, 7) is 0. The Labute approximate surface area is 125 Å². The number of nitrogens with zero attached hydrogens (tertiary/aromatic N) is 3. The highest BCUT2D eigenvalue weighted by atomic mass is 32.1. The van der Waals surface area contributed by atoms with Crippen molar-refractivity contribution in [3.63, 3.8) is 0 Å². The van der Waals surface area contributed by atoms with Gasteiger partial charge >= 0.3 is 0 Å². The van der Waals surface area contributed by atoms with Gasteiger partial charge in [-0.25, -0.2) is 4.98 Å². The van der Waals surface area contributed by atoms with Gasteiger partial charge in [-0.2, -0.15) is 0 Å². The van der Waals surface area contributed by atoms with Gasteiger partial charge in [-0.1, -0.05) is 41.7 Å². The van der Waals surface area contributed by atoms with Gasteiger partial charge in [0.2, 0.25) is 5.13 Å². The lowest BCUT2D eigenvalue weighted by molar-refractivity contribution is 0.944. The summed E-state index contributed by atoms with van der Waals surface area (Å²) in [5.41, 5.74) is 2.27. The molecule has 0 radical (unpaired) electrons. The second-order valence-electron chi connectivity index (χ2n) is 4.27. The summed E-state index contributed by atoms with van der Waals surface area (Å²) < 4.78 is 0. The van der Waals surface area contributed by atoms with E-state index < -0.39 is 0 Å². The Morgan fingerprint density at radius 2 is 1.95 bits per heavy atom. The first-order valence-corrected chi connectivity index (χ1v) is 8.05. The summed E-state index contributed by atoms with van der Waals surface area (Å²) >= 11 is 3.21. The molecular weight excluding hydrogens is 288 g/mol. The summed E-state index contributed by atoms with van der Waals surface area (Å²) in [4.78, 5) is 4.64. The number of hydrogen-bond donors (Lipinski definition) is 1. The molecule has 0 fully saturated rings. The summed E-state index contributed by atoms with van der Waals surface area (Å²) in [5, 5.41) is 16.1. The second kappa shape index (κ2) is 6.11. The molecule has 0 aliphatic rings. The molecule has 3 rings (SSSR count). The third-order valence-electron chi connectivity index (χ3n) is 2.88. The van der Waals surface area contributed by atoms with Crippen LogP contribution in [0.3, 0.4) is 0 Å². The Balaban J connectivity index is 1.67. The largest absolute Gasteiger partial charge is 0.363 e. The topological polar surface area (TPSA) is 50.7 Å². The van der Waals surface area contributed by atoms with Crippen LogP contribution in [0, 0.1) is 0 Å². The van der Waals surface area contributed by atoms with E-state index in [1.807, 2.05) is 13.1 Å². The van der Waals surface area contributed by atoms with Crippen LogP contribution in [0.2, 0.25) is 0 Å². The Morgan fingerprint density at radius 1 is 1.10 bits per heavy atom. The van der Waals surface area contributed by atoms with E-state index in [2.05, 4.69) is 50.1 Å². The molecule has 1 aromatic carbocycles. The molecule has 0 atom stereocenters. The van der Waals surface area contributed by atoms with Crippen LogP contribution in [-0.2, 0) is 12.8 Å². The Bertz CT molecular complexity index is 675. The van der Waals surface area contributed by atoms with E-state index in [1.54, 1.807) is 11.3 Å². The fraction of sp³-hybridized carbons (Fsp3) is 0.214. The van der Waals surface area contributed by atoms with E-state index in [-0.39, 0.29) is 0 Å². The highest BCUT2D eigenvalue weighted by Gasteiger charge is 2.10. The Morgan fingerprint density at radius 3 is 2.70 bits per heavy atom. The lowest BCUT2D eigenvalue weighted by Crippen LogP contribution is -1.90. The number of anilines is 1. The molecule has 20 heavy (non-hydrogen) atoms. The van der Waals surface area contributed by atoms with Crippen molar-refractivity contribution in [1.29, 1.82) is 0 Å². The summed E-state index contributed by atoms with van der Waals surface area (Å²) in [6, 6.07) is 10.5. The highest BCUT2D eigenvalue weighted by Crippen LogP contribution is 2.27. The zero-order chi connectivity index (χ0) is 13.8. The number of benzene rings is 1. The van der Waals surface area contributed by atoms with Gasteiger partial charge in [0, 0.05) is 18.8 Å². The summed E-state index contributed by atoms with van der Waals surface area (Å²) in [7, 11) is 1.84. The van der Waals surface area contributed by atoms with Crippen LogP contribution in [0.5, 0.6) is 0 Å². The van der Waals surface area contributed by atoms with E-state index in [1.165, 1.54) is 16.9 Å². The van der Waals surface area contributed by atoms with Crippen molar-refractivity contribution >= 4 is 27.8 Å². The maximum Gasteiger partial charge on any atom is 0.205 e. The zero-order valence-corrected chi connectivity index (χ0v) is 12.7. The van der Waals surface area contributed by atoms with Gasteiger partial charge in [0.1, 0.15) is 5.69 Å². The first-order chi connectivity index (χ1) is 9.85. The highest BCUT2D eigenvalue weighted by molar-refractivity contribution is 7.18. The van der Waals surface area contributed by atoms with Crippen LogP contribution in [0.1, 0.15) is 10.6 Å². The van der Waals surface area contributed by atoms with Crippen LogP contribution in [0.15, 0.2) is 35.7 Å². The number of rotatable bonds is 5. The predicted octanol–water partition coefficient (Wildman–Crippen LogP) is 3.49. The van der Waals surface area contributed by atoms with Gasteiger partial charge in [0.25, 0.3) is 0 Å². The van der Waals surface area contributed by atoms with Gasteiger partial charge in [0.15, 0.2) is 5.01 Å². The van der Waals surface area contributed by atoms with Gasteiger partial charge in [-0.05, 0) is 12.0 Å². The minimum atomic E-state index is 0.818. The molecule has 0 bridgehead atoms. The van der Waals surface area contributed by atoms with E-state index in [0.717, 1.165) is 33.7 Å². The zero-order valence-electron chi connectivity index (χ0n) is 11.0. The van der Waals surface area contributed by atoms with Crippen LogP contribution < -0.4 is 5.32 Å². The van der Waals surface area contributed by atoms with Crippen molar-refractivity contribution < 1.29 is 0 Å². The van der Waals surface area contributed by atoms with E-state index in [0.29, 0.717) is 0 Å². The van der Waals surface area contributed by atoms with E-state index in [9.17, 15) is 0 Å². The molecule has 4 nitrogen and oxygen atoms in total. The first-order valence-electron chi connectivity index (χ1n) is 6.35. The van der Waals surface area contributed by atoms with Crippen molar-refractivity contribution in [2.75, 3.05) is 12.4 Å². The third kappa shape index (κ3) is 3.02. The van der Waals surface area contributed by atoms with E-state index >= 15 is 0 Å². The number of aryl methyl sites for hydroxylation is 2. The normalized spacial score (nSPS) is 10.7. The van der Waals surface area contributed by atoms with Gasteiger partial charge in [-0.15, -0.1) is 21.5 Å². The Hall–Kier alpha value is -1.79. The summed E-state index contributed by atoms with van der Waals surface area (Å²) in [5.74, 6) is 0. The van der Waals surface area contributed by atoms with Crippen LogP contribution in [0.4, 0.5) is 5.13 Å². The quantitative estimate of drug-likeness (QED) is 0.784. The van der Waals surface area contributed by atoms with Crippen molar-refractivity contribution in [3.05, 3.63) is 46.3 Å². The molecule has 0 spiro atoms. The lowest BCUT2D eigenvalue weighted by Gasteiger charge is -1.97. The van der Waals surface area contributed by atoms with Crippen LogP contribution in [-0.4, -0.2) is 22.2 Å². The standard InChI is InChI=1S/C14H14N4S2/c1-15-14-18-17-13(20-14)11-9-19-12(16-11)8-7-10-5-3-2-4-6-10/h2-6,9H,7-8H2,1H3,(H,15,18). The number of hydrogen-bond acceptors (Lipinski definition) is 6. The maximum absolute atomic E-state index is 4.64. The molecule has 3 aromatic rings. The monoisotopic (exact) mass is 302 g/mol. The molecule has 0 amide bonds. The van der Waals surface area contributed by atoms with Crippen molar-refractivity contribution in [1.82, 2.24) is 15.2 Å². The Kier molecular flexibility index (Phi) is 4.03. The molecular formula is C14H14N4S2. The average Bonchev–Trinajstić information content (AvgIpc) is 3.15. The van der Waals surface area contributed by atoms with Crippen LogP contribution in [0.25, 0.3) is 10.7 Å². The number of thiazole rings is 1. The molecule has 0 unspecified atom stereocenters. The fourth-order valence-corrected chi connectivity index (χ4v) is 3.36. The third-order valence-corrected chi connectivity index (χ3v) is 4.75. The second-order valence-corrected chi connectivity index (χ2v) is 6.19. The lowest BCUT2D eigenvalue weighted by atomic mass is 10.1. The molecule has 0 saturated carbocycles. The molecule has 0 aliphatic carbocycles. The van der Waals surface area contributed by atoms with Gasteiger partial charge in [-0.3, -0.25) is 0 Å². The predicted molar refractivity (Wildman–Crippen MR) is 84.4 cm³/mol. The number of nitrogens with one attached hydrogen (secondary N) is 1. The SMILES string of the molecule is CNc1nnc(-c2csc(CCc3ccccc3)n2)s1. The smallest absolute Gasteiger partial charge is 0.205 e. The molecule has 2 heterocycles. The fourth-order valence-electron chi connectivity index (χ4n) is 1.85. The molecule has 102 valence electrons. The first kappa shape index (κ1) is 13.2. The molecule has 0 aliphatic heterocycles. The van der Waals surface area contributed by atoms with Crippen molar-refractivity contribution in [2.45, 2.75) is 12.8 Å². The number of aromatic nitrogens is 3. The molecule has 6 heteroatoms. The minimum absolute atomic E-state index is 0.818. The van der Waals surface area contributed by atoms with Crippen molar-refractivity contribution in [3.8, 4) is 10.7 Å². The molecule has 2 aromatic heterocycles. The average molecular weight is 302 g/mol. The summed E-state index contributed by atoms with van der Waals surface area (Å²) in [6.07, 6.45) is 1.98. The molecule has 0 saturated heterocycles. The minimum Gasteiger partial charge on any atom is -0.363 e. The van der Waals surface area contributed by atoms with Crippen molar-refractivity contribution in [2.24, 2.45) is 0 Å². The van der Waals surface area contributed by atoms with E-state index in [4.69, 9.17) is 0 Å². The van der Waals surface area contributed by atoms with Gasteiger partial charge < -0.3 is 5.32 Å². The van der Waals surface area contributed by atoms with Crippen LogP contribution >= 0.6 is 22.7 Å². The molecule has 1 N–H and O–H groups in total. The maximum atomic E-state index is 4.64. The van der Waals surface area contributed by atoms with Gasteiger partial charge in [0.05, 0.1) is 5.01 Å².